The topological polar surface area (TPSA) is 163 Å². The van der Waals surface area contributed by atoms with E-state index >= 15 is 4.39 Å². The van der Waals surface area contributed by atoms with E-state index in [1.165, 1.54) is 11.0 Å². The van der Waals surface area contributed by atoms with E-state index in [-0.39, 0.29) is 43.1 Å². The third-order valence-corrected chi connectivity index (χ3v) is 13.2. The number of imide groups is 1. The van der Waals surface area contributed by atoms with Crippen LogP contribution in [0, 0.1) is 11.7 Å². The first kappa shape index (κ1) is 43.2. The zero-order valence-corrected chi connectivity index (χ0v) is 36.8. The van der Waals surface area contributed by atoms with E-state index in [1.807, 2.05) is 58.2 Å². The van der Waals surface area contributed by atoms with Crippen LogP contribution >= 0.6 is 23.2 Å². The number of benzene rings is 2. The molecule has 7 heterocycles. The highest BCUT2D eigenvalue weighted by Crippen LogP contribution is 2.35. The zero-order valence-electron chi connectivity index (χ0n) is 35.3. The number of ether oxygens (including phenoxy) is 1. The SMILES string of the molecule is C[C@@H](Oc1ccc2[nH]nc(-c3ccc(N4CCN(C(=O)C5CCN(C(=O)CN6CCN(c7ccc(N8CCC(=O)NC8=O)cc7F)CC6)CC5)CC4)nc3)c2c1)c1c(Cl)cncc1Cl. The predicted molar refractivity (Wildman–Crippen MR) is 241 cm³/mol. The van der Waals surface area contributed by atoms with Crippen LogP contribution in [0.1, 0.15) is 37.9 Å². The van der Waals surface area contributed by atoms with Gasteiger partial charge in [-0.3, -0.25) is 39.6 Å². The fourth-order valence-corrected chi connectivity index (χ4v) is 9.70. The zero-order chi connectivity index (χ0) is 44.5. The molecule has 3 aromatic heterocycles. The molecular weight excluding hydrogens is 864 g/mol. The monoisotopic (exact) mass is 911 g/mol. The van der Waals surface area contributed by atoms with Crippen molar-refractivity contribution in [1.82, 2.24) is 40.2 Å². The molecule has 0 radical (unpaired) electrons. The number of carbonyl (C=O) groups excluding carboxylic acids is 4. The number of aromatic nitrogens is 4. The number of aromatic amines is 1. The second-order valence-corrected chi connectivity index (χ2v) is 17.4. The van der Waals surface area contributed by atoms with Crippen molar-refractivity contribution in [2.45, 2.75) is 32.3 Å². The predicted octanol–water partition coefficient (Wildman–Crippen LogP) is 5.76. The van der Waals surface area contributed by atoms with E-state index in [2.05, 4.69) is 30.3 Å². The quantitative estimate of drug-likeness (QED) is 0.175. The Balaban J connectivity index is 0.714. The fourth-order valence-electron chi connectivity index (χ4n) is 9.03. The van der Waals surface area contributed by atoms with Crippen LogP contribution in [-0.2, 0) is 14.4 Å². The summed E-state index contributed by atoms with van der Waals surface area (Å²) in [6, 6.07) is 13.8. The van der Waals surface area contributed by atoms with E-state index in [0.29, 0.717) is 111 Å². The molecule has 4 saturated heterocycles. The number of anilines is 3. The number of piperazine rings is 2. The highest BCUT2D eigenvalue weighted by atomic mass is 35.5. The van der Waals surface area contributed by atoms with E-state index in [0.717, 1.165) is 28.0 Å². The van der Waals surface area contributed by atoms with Crippen molar-refractivity contribution in [3.63, 3.8) is 0 Å². The van der Waals surface area contributed by atoms with Gasteiger partial charge in [0.1, 0.15) is 29.2 Å². The number of urea groups is 1. The number of hydrogen-bond acceptors (Lipinski definition) is 11. The Morgan fingerprint density at radius 1 is 0.844 bits per heavy atom. The molecule has 5 amide bonds. The number of halogens is 3. The average Bonchev–Trinajstić information content (AvgIpc) is 3.72. The Morgan fingerprint density at radius 2 is 1.58 bits per heavy atom. The minimum absolute atomic E-state index is 0.0441. The molecule has 4 aliphatic rings. The Labute approximate surface area is 379 Å². The van der Waals surface area contributed by atoms with Crippen molar-refractivity contribution in [2.24, 2.45) is 5.92 Å². The summed E-state index contributed by atoms with van der Waals surface area (Å²) < 4.78 is 21.5. The summed E-state index contributed by atoms with van der Waals surface area (Å²) in [5.41, 5.74) is 3.97. The van der Waals surface area contributed by atoms with Crippen molar-refractivity contribution in [3.8, 4) is 17.0 Å². The highest BCUT2D eigenvalue weighted by molar-refractivity contribution is 6.35. The van der Waals surface area contributed by atoms with Gasteiger partial charge in [-0.1, -0.05) is 23.2 Å². The molecular formula is C45H48Cl2FN11O5. The van der Waals surface area contributed by atoms with Gasteiger partial charge in [0.2, 0.25) is 17.7 Å². The minimum atomic E-state index is -0.555. The molecule has 0 saturated carbocycles. The maximum atomic E-state index is 15.2. The normalized spacial score (nSPS) is 18.4. The number of nitrogens with one attached hydrogen (secondary N) is 2. The summed E-state index contributed by atoms with van der Waals surface area (Å²) >= 11 is 12.7. The first-order valence-corrected chi connectivity index (χ1v) is 22.3. The molecule has 0 aliphatic carbocycles. The molecule has 16 nitrogen and oxygen atoms in total. The Bertz CT molecular complexity index is 2540. The molecule has 0 spiro atoms. The van der Waals surface area contributed by atoms with Gasteiger partial charge in [0.05, 0.1) is 27.8 Å². The first-order valence-electron chi connectivity index (χ1n) is 21.6. The van der Waals surface area contributed by atoms with Gasteiger partial charge in [-0.05, 0) is 68.3 Å². The summed E-state index contributed by atoms with van der Waals surface area (Å²) in [6.07, 6.45) is 5.93. The number of nitrogens with zero attached hydrogens (tertiary/aromatic N) is 9. The summed E-state index contributed by atoms with van der Waals surface area (Å²) in [7, 11) is 0. The van der Waals surface area contributed by atoms with Crippen LogP contribution in [0.4, 0.5) is 26.4 Å². The number of piperidine rings is 1. The minimum Gasteiger partial charge on any atom is -0.486 e. The van der Waals surface area contributed by atoms with Crippen molar-refractivity contribution in [2.75, 3.05) is 93.2 Å². The van der Waals surface area contributed by atoms with E-state index in [1.54, 1.807) is 24.5 Å². The van der Waals surface area contributed by atoms with Crippen LogP contribution in [0.3, 0.4) is 0 Å². The molecule has 19 heteroatoms. The number of likely N-dealkylation sites (tertiary alicyclic amines) is 1. The van der Waals surface area contributed by atoms with Crippen molar-refractivity contribution in [3.05, 3.63) is 88.5 Å². The average molecular weight is 913 g/mol. The number of fused-ring (bicyclic) bond motifs is 1. The molecule has 0 unspecified atom stereocenters. The van der Waals surface area contributed by atoms with E-state index < -0.39 is 18.0 Å². The molecule has 5 aromatic rings. The maximum absolute atomic E-state index is 15.2. The molecule has 2 N–H and O–H groups in total. The lowest BCUT2D eigenvalue weighted by molar-refractivity contribution is -0.141. The van der Waals surface area contributed by atoms with Gasteiger partial charge in [-0.15, -0.1) is 0 Å². The number of amides is 5. The molecule has 2 aromatic carbocycles. The molecule has 64 heavy (non-hydrogen) atoms. The largest absolute Gasteiger partial charge is 0.486 e. The highest BCUT2D eigenvalue weighted by Gasteiger charge is 2.33. The van der Waals surface area contributed by atoms with Crippen LogP contribution in [0.15, 0.2) is 67.1 Å². The van der Waals surface area contributed by atoms with Crippen molar-refractivity contribution in [1.29, 1.82) is 0 Å². The second kappa shape index (κ2) is 18.6. The Kier molecular flexibility index (Phi) is 12.6. The molecule has 4 aliphatic heterocycles. The van der Waals surface area contributed by atoms with Crippen LogP contribution in [0.2, 0.25) is 10.0 Å². The lowest BCUT2D eigenvalue weighted by atomic mass is 9.95. The number of hydrogen-bond donors (Lipinski definition) is 2. The van der Waals surface area contributed by atoms with Crippen LogP contribution < -0.4 is 24.8 Å². The maximum Gasteiger partial charge on any atom is 0.328 e. The molecule has 0 bridgehead atoms. The number of rotatable bonds is 10. The van der Waals surface area contributed by atoms with Gasteiger partial charge in [-0.2, -0.15) is 5.10 Å². The summed E-state index contributed by atoms with van der Waals surface area (Å²) in [5.74, 6) is 0.764. The van der Waals surface area contributed by atoms with Gasteiger partial charge < -0.3 is 24.3 Å². The fraction of sp³-hybridized carbons (Fsp3) is 0.400. The molecule has 334 valence electrons. The summed E-state index contributed by atoms with van der Waals surface area (Å²) in [6.45, 7) is 8.27. The van der Waals surface area contributed by atoms with Crippen LogP contribution in [0.25, 0.3) is 22.2 Å². The van der Waals surface area contributed by atoms with Gasteiger partial charge in [0.15, 0.2) is 0 Å². The lowest BCUT2D eigenvalue weighted by Gasteiger charge is -2.40. The first-order chi connectivity index (χ1) is 31.0. The van der Waals surface area contributed by atoms with Crippen LogP contribution in [-0.4, -0.2) is 137 Å². The number of carbonyl (C=O) groups is 4. The van der Waals surface area contributed by atoms with E-state index in [9.17, 15) is 19.2 Å². The van der Waals surface area contributed by atoms with Gasteiger partial charge in [0, 0.05) is 125 Å². The van der Waals surface area contributed by atoms with Crippen molar-refractivity contribution >= 4 is 75.1 Å². The van der Waals surface area contributed by atoms with Gasteiger partial charge >= 0.3 is 6.03 Å². The Morgan fingerprint density at radius 3 is 2.27 bits per heavy atom. The second-order valence-electron chi connectivity index (χ2n) is 16.6. The third kappa shape index (κ3) is 9.14. The van der Waals surface area contributed by atoms with Crippen LogP contribution in [0.5, 0.6) is 5.75 Å². The Hall–Kier alpha value is -6.04. The number of pyridine rings is 2. The standard InChI is InChI=1S/C45H48Cl2FN11O5/c1-28(42-34(46)25-49-26-35(42)47)64-32-4-5-37-33(23-32)43(53-52-37)30-2-7-39(50-24-30)56-18-20-58(21-19-56)44(62)29-8-11-57(12-9-29)41(61)27-54-14-16-55(17-15-54)38-6-3-31(22-36(38)48)59-13-10-40(60)51-45(59)63/h2-7,22-26,28-29H,8-21,27H2,1H3,(H,52,53)(H,51,60,63)/t28-/m1/s1. The van der Waals surface area contributed by atoms with Crippen molar-refractivity contribution < 1.29 is 28.3 Å². The smallest absolute Gasteiger partial charge is 0.328 e. The molecule has 9 rings (SSSR count). The summed E-state index contributed by atoms with van der Waals surface area (Å²) in [4.78, 5) is 70.9. The molecule has 4 fully saturated rings. The number of H-pyrrole nitrogens is 1. The summed E-state index contributed by atoms with van der Waals surface area (Å²) in [5, 5.41) is 11.7. The molecule has 1 atom stereocenters. The van der Waals surface area contributed by atoms with E-state index in [4.69, 9.17) is 32.9 Å². The van der Waals surface area contributed by atoms with Gasteiger partial charge in [0.25, 0.3) is 0 Å². The van der Waals surface area contributed by atoms with Gasteiger partial charge in [-0.25, -0.2) is 14.2 Å². The third-order valence-electron chi connectivity index (χ3n) is 12.6. The lowest BCUT2D eigenvalue weighted by Crippen LogP contribution is -2.53.